The largest absolute Gasteiger partial charge is 0.297 e. The molecule has 0 bridgehead atoms. The second kappa shape index (κ2) is 5.00. The highest BCUT2D eigenvalue weighted by Gasteiger charge is 2.52. The van der Waals surface area contributed by atoms with Crippen LogP contribution < -0.4 is 0 Å². The van der Waals surface area contributed by atoms with E-state index >= 15 is 0 Å². The van der Waals surface area contributed by atoms with Gasteiger partial charge in [-0.2, -0.15) is 10.4 Å². The summed E-state index contributed by atoms with van der Waals surface area (Å²) >= 11 is 3.55. The van der Waals surface area contributed by atoms with Gasteiger partial charge in [-0.05, 0) is 42.6 Å². The molecule has 20 heavy (non-hydrogen) atoms. The lowest BCUT2D eigenvalue weighted by atomic mass is 9.78. The first-order valence-corrected chi connectivity index (χ1v) is 7.74. The van der Waals surface area contributed by atoms with Crippen LogP contribution in [0.4, 0.5) is 0 Å². The molecular formula is C15H20BrN3O. The van der Waals surface area contributed by atoms with Crippen molar-refractivity contribution in [3.63, 3.8) is 0 Å². The lowest BCUT2D eigenvalue weighted by molar-refractivity contribution is -0.130. The predicted octanol–water partition coefficient (Wildman–Crippen LogP) is 3.42. The monoisotopic (exact) mass is 337 g/mol. The molecule has 0 radical (unpaired) electrons. The number of nitriles is 1. The SMILES string of the molecule is CCn1nc(C)c(Br)c1CC1(C#N)CCC(C)(C)C1=O. The number of ketones is 1. The summed E-state index contributed by atoms with van der Waals surface area (Å²) in [6.07, 6.45) is 1.85. The van der Waals surface area contributed by atoms with Crippen LogP contribution in [0, 0.1) is 29.1 Å². The summed E-state index contributed by atoms with van der Waals surface area (Å²) in [6.45, 7) is 8.56. The zero-order valence-electron chi connectivity index (χ0n) is 12.5. The number of halogens is 1. The van der Waals surface area contributed by atoms with E-state index in [-0.39, 0.29) is 5.78 Å². The number of hydrogen-bond acceptors (Lipinski definition) is 3. The topological polar surface area (TPSA) is 58.7 Å². The van der Waals surface area contributed by atoms with E-state index in [9.17, 15) is 10.1 Å². The average molecular weight is 338 g/mol. The van der Waals surface area contributed by atoms with Crippen LogP contribution in [0.5, 0.6) is 0 Å². The maximum absolute atomic E-state index is 12.6. The molecule has 4 nitrogen and oxygen atoms in total. The minimum atomic E-state index is -0.897. The molecule has 1 saturated carbocycles. The van der Waals surface area contributed by atoms with Gasteiger partial charge in [-0.15, -0.1) is 0 Å². The Hall–Kier alpha value is -1.15. The van der Waals surface area contributed by atoms with E-state index in [4.69, 9.17) is 0 Å². The summed E-state index contributed by atoms with van der Waals surface area (Å²) in [5.41, 5.74) is 0.567. The van der Waals surface area contributed by atoms with Crippen LogP contribution in [0.2, 0.25) is 0 Å². The lowest BCUT2D eigenvalue weighted by Crippen LogP contribution is -2.33. The highest BCUT2D eigenvalue weighted by atomic mass is 79.9. The van der Waals surface area contributed by atoms with Crippen LogP contribution in [-0.4, -0.2) is 15.6 Å². The fraction of sp³-hybridized carbons (Fsp3) is 0.667. The van der Waals surface area contributed by atoms with Gasteiger partial charge in [0.25, 0.3) is 0 Å². The minimum absolute atomic E-state index is 0.0703. The number of Topliss-reactive ketones (excluding diaryl/α,β-unsaturated/α-hetero) is 1. The molecule has 0 N–H and O–H groups in total. The smallest absolute Gasteiger partial charge is 0.159 e. The zero-order valence-corrected chi connectivity index (χ0v) is 14.0. The normalized spacial score (nSPS) is 24.9. The number of nitrogens with zero attached hydrogens (tertiary/aromatic N) is 3. The first kappa shape index (κ1) is 15.2. The molecule has 1 fully saturated rings. The van der Waals surface area contributed by atoms with Crippen LogP contribution >= 0.6 is 15.9 Å². The maximum atomic E-state index is 12.6. The molecule has 1 aliphatic rings. The molecule has 1 atom stereocenters. The fourth-order valence-corrected chi connectivity index (χ4v) is 3.46. The summed E-state index contributed by atoms with van der Waals surface area (Å²) < 4.78 is 2.81. The summed E-state index contributed by atoms with van der Waals surface area (Å²) in [7, 11) is 0. The summed E-state index contributed by atoms with van der Waals surface area (Å²) in [5, 5.41) is 14.1. The molecule has 108 valence electrons. The van der Waals surface area contributed by atoms with Crippen LogP contribution in [0.25, 0.3) is 0 Å². The summed E-state index contributed by atoms with van der Waals surface area (Å²) in [5.74, 6) is 0.0703. The highest BCUT2D eigenvalue weighted by molar-refractivity contribution is 9.10. The van der Waals surface area contributed by atoms with Crippen molar-refractivity contribution in [2.45, 2.75) is 53.5 Å². The zero-order chi connectivity index (χ0) is 15.1. The first-order chi connectivity index (χ1) is 9.27. The Balaban J connectivity index is 2.43. The summed E-state index contributed by atoms with van der Waals surface area (Å²) in [4.78, 5) is 12.6. The predicted molar refractivity (Wildman–Crippen MR) is 80.1 cm³/mol. The summed E-state index contributed by atoms with van der Waals surface area (Å²) in [6, 6.07) is 2.31. The number of hydrogen-bond donors (Lipinski definition) is 0. The molecule has 1 aromatic heterocycles. The molecule has 1 aliphatic carbocycles. The Morgan fingerprint density at radius 1 is 1.45 bits per heavy atom. The van der Waals surface area contributed by atoms with Crippen LogP contribution in [0.1, 0.15) is 45.0 Å². The quantitative estimate of drug-likeness (QED) is 0.848. The fourth-order valence-electron chi connectivity index (χ4n) is 3.04. The van der Waals surface area contributed by atoms with Crippen molar-refractivity contribution in [2.24, 2.45) is 10.8 Å². The maximum Gasteiger partial charge on any atom is 0.159 e. The molecule has 0 amide bonds. The third kappa shape index (κ3) is 2.20. The van der Waals surface area contributed by atoms with Crippen LogP contribution in [0.3, 0.4) is 0 Å². The Labute approximate surface area is 128 Å². The first-order valence-electron chi connectivity index (χ1n) is 6.95. The minimum Gasteiger partial charge on any atom is -0.297 e. The molecule has 0 aromatic carbocycles. The van der Waals surface area contributed by atoms with E-state index in [0.717, 1.165) is 28.8 Å². The van der Waals surface area contributed by atoms with Gasteiger partial charge in [0.15, 0.2) is 5.78 Å². The van der Waals surface area contributed by atoms with Crippen molar-refractivity contribution in [1.82, 2.24) is 9.78 Å². The van der Waals surface area contributed by atoms with E-state index in [2.05, 4.69) is 27.1 Å². The van der Waals surface area contributed by atoms with Gasteiger partial charge in [-0.3, -0.25) is 9.48 Å². The van der Waals surface area contributed by atoms with Gasteiger partial charge in [-0.25, -0.2) is 0 Å². The van der Waals surface area contributed by atoms with E-state index in [1.165, 1.54) is 0 Å². The number of aryl methyl sites for hydroxylation is 2. The van der Waals surface area contributed by atoms with E-state index in [0.29, 0.717) is 12.8 Å². The van der Waals surface area contributed by atoms with E-state index in [1.807, 2.05) is 32.4 Å². The Morgan fingerprint density at radius 2 is 2.10 bits per heavy atom. The number of carbonyl (C=O) groups excluding carboxylic acids is 1. The lowest BCUT2D eigenvalue weighted by Gasteiger charge is -2.22. The van der Waals surface area contributed by atoms with Crippen molar-refractivity contribution in [3.8, 4) is 6.07 Å². The molecule has 5 heteroatoms. The van der Waals surface area contributed by atoms with Crippen LogP contribution in [0.15, 0.2) is 4.47 Å². The highest BCUT2D eigenvalue weighted by Crippen LogP contribution is 2.47. The molecular weight excluding hydrogens is 318 g/mol. The Kier molecular flexibility index (Phi) is 3.81. The number of rotatable bonds is 3. The molecule has 0 saturated heterocycles. The molecule has 1 heterocycles. The molecule has 0 aliphatic heterocycles. The van der Waals surface area contributed by atoms with Gasteiger partial charge in [-0.1, -0.05) is 13.8 Å². The van der Waals surface area contributed by atoms with Crippen molar-refractivity contribution in [1.29, 1.82) is 5.26 Å². The average Bonchev–Trinajstić information content (AvgIpc) is 2.81. The van der Waals surface area contributed by atoms with Crippen molar-refractivity contribution >= 4 is 21.7 Å². The standard InChI is InChI=1S/C15H20BrN3O/c1-5-19-11(12(16)10(2)18-19)8-15(9-17)7-6-14(3,4)13(15)20/h5-8H2,1-4H3. The molecule has 1 aromatic rings. The van der Waals surface area contributed by atoms with Crippen molar-refractivity contribution in [3.05, 3.63) is 15.9 Å². The Bertz CT molecular complexity index is 597. The Morgan fingerprint density at radius 3 is 2.55 bits per heavy atom. The van der Waals surface area contributed by atoms with Gasteiger partial charge in [0.2, 0.25) is 0 Å². The molecule has 2 rings (SSSR count). The number of carbonyl (C=O) groups is 1. The van der Waals surface area contributed by atoms with Gasteiger partial charge in [0.1, 0.15) is 5.41 Å². The van der Waals surface area contributed by atoms with Gasteiger partial charge in [0.05, 0.1) is 21.9 Å². The van der Waals surface area contributed by atoms with Crippen LogP contribution in [-0.2, 0) is 17.8 Å². The second-order valence-corrected chi connectivity index (χ2v) is 7.04. The molecule has 0 spiro atoms. The second-order valence-electron chi connectivity index (χ2n) is 6.25. The van der Waals surface area contributed by atoms with Gasteiger partial charge < -0.3 is 0 Å². The van der Waals surface area contributed by atoms with E-state index < -0.39 is 10.8 Å². The van der Waals surface area contributed by atoms with Crippen molar-refractivity contribution in [2.75, 3.05) is 0 Å². The van der Waals surface area contributed by atoms with Gasteiger partial charge >= 0.3 is 0 Å². The third-order valence-electron chi connectivity index (χ3n) is 4.36. The van der Waals surface area contributed by atoms with Crippen molar-refractivity contribution < 1.29 is 4.79 Å². The third-order valence-corrected chi connectivity index (χ3v) is 5.39. The number of aromatic nitrogens is 2. The van der Waals surface area contributed by atoms with E-state index in [1.54, 1.807) is 0 Å². The molecule has 1 unspecified atom stereocenters. The van der Waals surface area contributed by atoms with Gasteiger partial charge in [0, 0.05) is 18.4 Å².